The van der Waals surface area contributed by atoms with Crippen molar-refractivity contribution in [3.63, 3.8) is 0 Å². The van der Waals surface area contributed by atoms with Gasteiger partial charge in [0.1, 0.15) is 0 Å². The zero-order chi connectivity index (χ0) is 11.9. The second-order valence-corrected chi connectivity index (χ2v) is 8.84. The Bertz CT molecular complexity index is 249. The Morgan fingerprint density at radius 3 is 2.89 bits per heavy atom. The van der Waals surface area contributed by atoms with Gasteiger partial charge in [-0.25, -0.2) is 0 Å². The summed E-state index contributed by atoms with van der Waals surface area (Å²) < 4.78 is 5.24. The molecule has 2 fully saturated rings. The van der Waals surface area contributed by atoms with Crippen molar-refractivity contribution < 1.29 is 9.53 Å². The van der Waals surface area contributed by atoms with Gasteiger partial charge in [-0.05, 0) is 0 Å². The Balaban J connectivity index is 0.00000162. The molecule has 2 heterocycles. The standard InChI is InChI=1S/C11H20N2O2SSe.ClH/c14-11(13-4-6-15-7-5-13)1-3-12-10-2-8-16-17-9-10;/h10,12H,1-9H2;1H. The summed E-state index contributed by atoms with van der Waals surface area (Å²) in [5.41, 5.74) is 0. The summed E-state index contributed by atoms with van der Waals surface area (Å²) in [6.45, 7) is 3.76. The normalized spacial score (nSPS) is 24.4. The van der Waals surface area contributed by atoms with E-state index in [1.165, 1.54) is 17.5 Å². The van der Waals surface area contributed by atoms with E-state index in [0.717, 1.165) is 33.5 Å². The number of carbonyl (C=O) groups excluding carboxylic acids is 1. The van der Waals surface area contributed by atoms with Crippen molar-refractivity contribution in [2.45, 2.75) is 24.2 Å². The molecule has 2 saturated heterocycles. The molecule has 7 heteroatoms. The molecular weight excluding hydrogens is 339 g/mol. The number of hydrogen-bond donors (Lipinski definition) is 1. The number of hydrogen-bond acceptors (Lipinski definition) is 4. The van der Waals surface area contributed by atoms with E-state index in [9.17, 15) is 4.79 Å². The van der Waals surface area contributed by atoms with Crippen molar-refractivity contribution in [3.8, 4) is 0 Å². The number of nitrogens with one attached hydrogen (secondary N) is 1. The quantitative estimate of drug-likeness (QED) is 0.754. The number of rotatable bonds is 4. The molecule has 1 amide bonds. The van der Waals surface area contributed by atoms with Crippen LogP contribution in [0.3, 0.4) is 0 Å². The number of nitrogens with zero attached hydrogens (tertiary/aromatic N) is 1. The van der Waals surface area contributed by atoms with E-state index < -0.39 is 0 Å². The molecule has 0 aromatic rings. The fourth-order valence-electron chi connectivity index (χ4n) is 1.98. The molecule has 0 radical (unpaired) electrons. The van der Waals surface area contributed by atoms with Crippen LogP contribution in [0.5, 0.6) is 0 Å². The Labute approximate surface area is 125 Å². The van der Waals surface area contributed by atoms with Crippen LogP contribution in [0.4, 0.5) is 0 Å². The number of halogens is 1. The average molecular weight is 360 g/mol. The van der Waals surface area contributed by atoms with Crippen LogP contribution >= 0.6 is 22.6 Å². The Kier molecular flexibility index (Phi) is 8.72. The summed E-state index contributed by atoms with van der Waals surface area (Å²) in [6.07, 6.45) is 1.90. The maximum absolute atomic E-state index is 11.9. The van der Waals surface area contributed by atoms with Gasteiger partial charge in [0.15, 0.2) is 0 Å². The van der Waals surface area contributed by atoms with Gasteiger partial charge >= 0.3 is 112 Å². The molecule has 2 aliphatic rings. The number of ether oxygens (including phenoxy) is 1. The molecule has 0 aromatic heterocycles. The van der Waals surface area contributed by atoms with Gasteiger partial charge < -0.3 is 0 Å². The van der Waals surface area contributed by atoms with E-state index in [4.69, 9.17) is 4.74 Å². The molecule has 0 aromatic carbocycles. The van der Waals surface area contributed by atoms with Gasteiger partial charge in [-0.2, -0.15) is 0 Å². The maximum atomic E-state index is 11.9. The molecule has 0 bridgehead atoms. The second kappa shape index (κ2) is 9.45. The van der Waals surface area contributed by atoms with Crippen LogP contribution in [-0.4, -0.2) is 69.3 Å². The Morgan fingerprint density at radius 1 is 1.44 bits per heavy atom. The molecule has 1 N–H and O–H groups in total. The third kappa shape index (κ3) is 5.68. The monoisotopic (exact) mass is 360 g/mol. The van der Waals surface area contributed by atoms with Gasteiger partial charge in [-0.3, -0.25) is 0 Å². The van der Waals surface area contributed by atoms with Crippen LogP contribution in [-0.2, 0) is 9.53 Å². The minimum atomic E-state index is 0. The van der Waals surface area contributed by atoms with Gasteiger partial charge in [0.25, 0.3) is 0 Å². The van der Waals surface area contributed by atoms with Crippen molar-refractivity contribution in [2.24, 2.45) is 0 Å². The molecule has 4 nitrogen and oxygen atoms in total. The predicted octanol–water partition coefficient (Wildman–Crippen LogP) is 0.790. The number of amides is 1. The summed E-state index contributed by atoms with van der Waals surface area (Å²) in [5, 5.41) is 4.82. The van der Waals surface area contributed by atoms with Crippen LogP contribution in [0.15, 0.2) is 0 Å². The summed E-state index contributed by atoms with van der Waals surface area (Å²) in [7, 11) is 2.09. The molecule has 0 aliphatic carbocycles. The van der Waals surface area contributed by atoms with E-state index >= 15 is 0 Å². The summed E-state index contributed by atoms with van der Waals surface area (Å²) in [6, 6.07) is 0.661. The molecule has 106 valence electrons. The molecule has 0 spiro atoms. The number of carbonyl (C=O) groups is 1. The van der Waals surface area contributed by atoms with Crippen LogP contribution in [0, 0.1) is 0 Å². The fourth-order valence-corrected chi connectivity index (χ4v) is 6.32. The topological polar surface area (TPSA) is 41.6 Å². The van der Waals surface area contributed by atoms with Gasteiger partial charge in [0.05, 0.1) is 0 Å². The van der Waals surface area contributed by atoms with Crippen molar-refractivity contribution in [3.05, 3.63) is 0 Å². The van der Waals surface area contributed by atoms with Crippen LogP contribution in [0.2, 0.25) is 5.32 Å². The first-order valence-electron chi connectivity index (χ1n) is 6.19. The van der Waals surface area contributed by atoms with Crippen LogP contribution < -0.4 is 5.32 Å². The van der Waals surface area contributed by atoms with E-state index in [1.807, 2.05) is 4.90 Å². The van der Waals surface area contributed by atoms with Crippen molar-refractivity contribution in [1.29, 1.82) is 0 Å². The van der Waals surface area contributed by atoms with Crippen LogP contribution in [0.1, 0.15) is 12.8 Å². The Hall–Kier alpha value is 0.549. The van der Waals surface area contributed by atoms with Gasteiger partial charge in [0, 0.05) is 0 Å². The van der Waals surface area contributed by atoms with Crippen molar-refractivity contribution in [1.82, 2.24) is 10.2 Å². The first-order valence-corrected chi connectivity index (χ1v) is 10.4. The Morgan fingerprint density at radius 2 is 2.22 bits per heavy atom. The van der Waals surface area contributed by atoms with E-state index in [-0.39, 0.29) is 18.3 Å². The van der Waals surface area contributed by atoms with E-state index in [1.54, 1.807) is 0 Å². The van der Waals surface area contributed by atoms with Gasteiger partial charge in [0.2, 0.25) is 0 Å². The van der Waals surface area contributed by atoms with E-state index in [2.05, 4.69) is 15.5 Å². The SMILES string of the molecule is Cl.O=C(CCNC1CCS[Se]C1)N1CCOCC1. The molecule has 18 heavy (non-hydrogen) atoms. The van der Waals surface area contributed by atoms with Gasteiger partial charge in [-0.1, -0.05) is 0 Å². The summed E-state index contributed by atoms with van der Waals surface area (Å²) in [4.78, 5) is 13.8. The third-order valence-electron chi connectivity index (χ3n) is 3.04. The van der Waals surface area contributed by atoms with Crippen molar-refractivity contribution in [2.75, 3.05) is 38.6 Å². The molecule has 1 atom stereocenters. The fraction of sp³-hybridized carbons (Fsp3) is 0.909. The predicted molar refractivity (Wildman–Crippen MR) is 78.7 cm³/mol. The molecule has 1 unspecified atom stereocenters. The molecule has 0 saturated carbocycles. The zero-order valence-electron chi connectivity index (χ0n) is 10.4. The summed E-state index contributed by atoms with van der Waals surface area (Å²) >= 11 is 0.754. The van der Waals surface area contributed by atoms with Crippen molar-refractivity contribution >= 4 is 42.3 Å². The second-order valence-electron chi connectivity index (χ2n) is 4.29. The van der Waals surface area contributed by atoms with E-state index in [0.29, 0.717) is 25.7 Å². The van der Waals surface area contributed by atoms with Gasteiger partial charge in [-0.15, -0.1) is 12.4 Å². The van der Waals surface area contributed by atoms with Crippen LogP contribution in [0.25, 0.3) is 0 Å². The molecule has 2 rings (SSSR count). The zero-order valence-corrected chi connectivity index (χ0v) is 13.8. The summed E-state index contributed by atoms with van der Waals surface area (Å²) in [5.74, 6) is 1.56. The first kappa shape index (κ1) is 16.6. The third-order valence-corrected chi connectivity index (χ3v) is 7.54. The number of morpholine rings is 1. The minimum absolute atomic E-state index is 0. The molecule has 2 aliphatic heterocycles. The first-order chi connectivity index (χ1) is 8.36. The average Bonchev–Trinajstić information content (AvgIpc) is 2.41. The molecular formula is C11H21ClN2O2SSe.